The summed E-state index contributed by atoms with van der Waals surface area (Å²) < 4.78 is 21.1. The molecule has 2 heterocycles. The second kappa shape index (κ2) is 9.61. The van der Waals surface area contributed by atoms with Gasteiger partial charge in [-0.1, -0.05) is 6.08 Å². The predicted molar refractivity (Wildman–Crippen MR) is 105 cm³/mol. The first-order valence-corrected chi connectivity index (χ1v) is 10.5. The lowest BCUT2D eigenvalue weighted by Gasteiger charge is -2.32. The minimum absolute atomic E-state index is 0.117. The zero-order valence-corrected chi connectivity index (χ0v) is 16.8. The summed E-state index contributed by atoms with van der Waals surface area (Å²) >= 11 is 0. The molecule has 2 aliphatic heterocycles. The van der Waals surface area contributed by atoms with Crippen LogP contribution in [0.1, 0.15) is 44.9 Å². The molecule has 0 aromatic heterocycles. The van der Waals surface area contributed by atoms with Crippen molar-refractivity contribution in [3.8, 4) is 0 Å². The molecule has 162 valence electrons. The summed E-state index contributed by atoms with van der Waals surface area (Å²) in [5.41, 5.74) is -2.12. The standard InChI is InChI=1S/C21H31FN2O5/c22-21(19(26)24-10-2-5-17(24)15-25)9-1-6-18(14-21)29-13-3-4-16-7-11-23(12-8-16)20(27)28/h1,6,9,16-17,25H,2-5,7-8,10-15H2,(H,27,28)/t17-,21?/m1/s1. The minimum Gasteiger partial charge on any atom is -0.498 e. The molecule has 2 saturated heterocycles. The predicted octanol–water partition coefficient (Wildman–Crippen LogP) is 2.71. The molecule has 3 rings (SSSR count). The van der Waals surface area contributed by atoms with Crippen molar-refractivity contribution in [2.45, 2.75) is 56.7 Å². The molecule has 0 aromatic rings. The quantitative estimate of drug-likeness (QED) is 0.630. The van der Waals surface area contributed by atoms with E-state index >= 15 is 4.39 Å². The van der Waals surface area contributed by atoms with E-state index < -0.39 is 17.7 Å². The van der Waals surface area contributed by atoms with E-state index in [9.17, 15) is 14.7 Å². The van der Waals surface area contributed by atoms with Crippen LogP contribution >= 0.6 is 0 Å². The molecule has 2 amide bonds. The molecule has 0 aromatic carbocycles. The maximum Gasteiger partial charge on any atom is 0.407 e. The Morgan fingerprint density at radius 3 is 2.69 bits per heavy atom. The molecule has 0 saturated carbocycles. The van der Waals surface area contributed by atoms with Gasteiger partial charge < -0.3 is 24.7 Å². The molecule has 0 radical (unpaired) electrons. The number of piperidine rings is 1. The fourth-order valence-electron chi connectivity index (χ4n) is 4.45. The van der Waals surface area contributed by atoms with Crippen LogP contribution in [0.25, 0.3) is 0 Å². The number of hydrogen-bond acceptors (Lipinski definition) is 4. The summed E-state index contributed by atoms with van der Waals surface area (Å²) in [7, 11) is 0. The van der Waals surface area contributed by atoms with E-state index in [1.54, 1.807) is 6.08 Å². The molecule has 8 heteroatoms. The number of hydrogen-bond donors (Lipinski definition) is 2. The lowest BCUT2D eigenvalue weighted by Crippen LogP contribution is -2.49. The third-order valence-electron chi connectivity index (χ3n) is 6.21. The third kappa shape index (κ3) is 5.29. The molecule has 1 unspecified atom stereocenters. The van der Waals surface area contributed by atoms with Gasteiger partial charge >= 0.3 is 6.09 Å². The Morgan fingerprint density at radius 2 is 2.00 bits per heavy atom. The summed E-state index contributed by atoms with van der Waals surface area (Å²) in [6, 6.07) is -0.300. The first kappa shape index (κ1) is 21.6. The number of nitrogens with zero attached hydrogens (tertiary/aromatic N) is 2. The van der Waals surface area contributed by atoms with E-state index in [4.69, 9.17) is 9.84 Å². The highest BCUT2D eigenvalue weighted by atomic mass is 19.1. The number of amides is 2. The fraction of sp³-hybridized carbons (Fsp3) is 0.714. The first-order valence-electron chi connectivity index (χ1n) is 10.5. The van der Waals surface area contributed by atoms with Crippen LogP contribution in [0.2, 0.25) is 0 Å². The normalized spacial score (nSPS) is 27.8. The van der Waals surface area contributed by atoms with E-state index in [1.807, 2.05) is 0 Å². The van der Waals surface area contributed by atoms with Crippen molar-refractivity contribution >= 4 is 12.0 Å². The molecular formula is C21H31FN2O5. The average molecular weight is 410 g/mol. The minimum atomic E-state index is -2.12. The Hall–Kier alpha value is -2.09. The molecule has 2 fully saturated rings. The highest BCUT2D eigenvalue weighted by Crippen LogP contribution is 2.33. The first-order chi connectivity index (χ1) is 13.9. The summed E-state index contributed by atoms with van der Waals surface area (Å²) in [4.78, 5) is 26.6. The molecule has 1 aliphatic carbocycles. The Kier molecular flexibility index (Phi) is 7.16. The zero-order chi connectivity index (χ0) is 20.9. The van der Waals surface area contributed by atoms with Gasteiger partial charge in [-0.05, 0) is 56.6 Å². The van der Waals surface area contributed by atoms with Gasteiger partial charge in [0, 0.05) is 19.6 Å². The van der Waals surface area contributed by atoms with Crippen molar-refractivity contribution in [1.82, 2.24) is 9.80 Å². The Morgan fingerprint density at radius 1 is 1.24 bits per heavy atom. The summed E-state index contributed by atoms with van der Waals surface area (Å²) in [6.45, 7) is 1.94. The number of aliphatic hydroxyl groups excluding tert-OH is 1. The van der Waals surface area contributed by atoms with E-state index in [0.29, 0.717) is 44.3 Å². The van der Waals surface area contributed by atoms with Crippen molar-refractivity contribution in [2.24, 2.45) is 5.92 Å². The van der Waals surface area contributed by atoms with Gasteiger partial charge in [-0.2, -0.15) is 0 Å². The number of halogens is 1. The second-order valence-corrected chi connectivity index (χ2v) is 8.21. The van der Waals surface area contributed by atoms with Crippen LogP contribution in [-0.4, -0.2) is 76.6 Å². The molecule has 0 bridgehead atoms. The van der Waals surface area contributed by atoms with Crippen LogP contribution in [0, 0.1) is 5.92 Å². The molecule has 2 atom stereocenters. The highest BCUT2D eigenvalue weighted by molar-refractivity contribution is 5.88. The van der Waals surface area contributed by atoms with Gasteiger partial charge in [0.05, 0.1) is 25.7 Å². The third-order valence-corrected chi connectivity index (χ3v) is 6.21. The number of carbonyl (C=O) groups excluding carboxylic acids is 1. The van der Waals surface area contributed by atoms with Crippen molar-refractivity contribution in [3.05, 3.63) is 24.0 Å². The summed E-state index contributed by atoms with van der Waals surface area (Å²) in [5, 5.41) is 18.4. The van der Waals surface area contributed by atoms with Crippen molar-refractivity contribution in [3.63, 3.8) is 0 Å². The van der Waals surface area contributed by atoms with E-state index in [0.717, 1.165) is 32.1 Å². The monoisotopic (exact) mass is 410 g/mol. The van der Waals surface area contributed by atoms with E-state index in [1.165, 1.54) is 22.0 Å². The summed E-state index contributed by atoms with van der Waals surface area (Å²) in [5.74, 6) is 0.357. The van der Waals surface area contributed by atoms with Crippen LogP contribution < -0.4 is 0 Å². The van der Waals surface area contributed by atoms with Gasteiger partial charge in [-0.3, -0.25) is 4.79 Å². The number of alkyl halides is 1. The number of likely N-dealkylation sites (tertiary alicyclic amines) is 2. The SMILES string of the molecule is O=C(O)N1CCC(CCCOC2=CC=CC(F)(C(=O)N3CCC[C@@H]3CO)C2)CC1. The molecule has 7 nitrogen and oxygen atoms in total. The van der Waals surface area contributed by atoms with Crippen LogP contribution in [0.15, 0.2) is 24.0 Å². The van der Waals surface area contributed by atoms with Crippen LogP contribution in [0.4, 0.5) is 9.18 Å². The summed E-state index contributed by atoms with van der Waals surface area (Å²) in [6.07, 6.45) is 8.50. The fourth-order valence-corrected chi connectivity index (χ4v) is 4.45. The molecule has 2 N–H and O–H groups in total. The largest absolute Gasteiger partial charge is 0.498 e. The van der Waals surface area contributed by atoms with Gasteiger partial charge in [0.1, 0.15) is 5.76 Å². The second-order valence-electron chi connectivity index (χ2n) is 8.21. The van der Waals surface area contributed by atoms with E-state index in [2.05, 4.69) is 0 Å². The van der Waals surface area contributed by atoms with Gasteiger partial charge in [-0.15, -0.1) is 0 Å². The van der Waals surface area contributed by atoms with Gasteiger partial charge in [0.15, 0.2) is 0 Å². The smallest absolute Gasteiger partial charge is 0.407 e. The number of carboxylic acid groups (broad SMARTS) is 1. The van der Waals surface area contributed by atoms with Crippen LogP contribution in [0.5, 0.6) is 0 Å². The van der Waals surface area contributed by atoms with Crippen molar-refractivity contribution in [1.29, 1.82) is 0 Å². The molecule has 3 aliphatic rings. The Balaban J connectivity index is 1.41. The average Bonchev–Trinajstić information content (AvgIpc) is 3.20. The lowest BCUT2D eigenvalue weighted by atomic mass is 9.92. The maximum absolute atomic E-state index is 15.3. The lowest BCUT2D eigenvalue weighted by molar-refractivity contribution is -0.143. The molecule has 29 heavy (non-hydrogen) atoms. The Labute approximate surface area is 170 Å². The number of allylic oxidation sites excluding steroid dienone is 3. The van der Waals surface area contributed by atoms with Crippen molar-refractivity contribution in [2.75, 3.05) is 32.8 Å². The Bertz CT molecular complexity index is 659. The van der Waals surface area contributed by atoms with Crippen LogP contribution in [-0.2, 0) is 9.53 Å². The number of rotatable bonds is 7. The highest BCUT2D eigenvalue weighted by Gasteiger charge is 2.44. The van der Waals surface area contributed by atoms with E-state index in [-0.39, 0.29) is 19.1 Å². The maximum atomic E-state index is 15.3. The number of aliphatic hydroxyl groups is 1. The van der Waals surface area contributed by atoms with Gasteiger partial charge in [-0.25, -0.2) is 9.18 Å². The number of ether oxygens (including phenoxy) is 1. The molecular weight excluding hydrogens is 379 g/mol. The van der Waals surface area contributed by atoms with Crippen LogP contribution in [0.3, 0.4) is 0 Å². The topological polar surface area (TPSA) is 90.3 Å². The zero-order valence-electron chi connectivity index (χ0n) is 16.8. The number of carbonyl (C=O) groups is 2. The molecule has 0 spiro atoms. The van der Waals surface area contributed by atoms with Gasteiger partial charge in [0.2, 0.25) is 5.67 Å². The van der Waals surface area contributed by atoms with Gasteiger partial charge in [0.25, 0.3) is 5.91 Å². The van der Waals surface area contributed by atoms with Crippen molar-refractivity contribution < 1.29 is 28.9 Å².